The largest absolute Gasteiger partial charge is 0.312 e. The molecule has 2 nitrogen and oxygen atoms in total. The predicted octanol–water partition coefficient (Wildman–Crippen LogP) is 1.39. The lowest BCUT2D eigenvalue weighted by Crippen LogP contribution is -2.33. The quantitative estimate of drug-likeness (QED) is 0.716. The Kier molecular flexibility index (Phi) is 2.29. The fraction of sp³-hybridized carbons (Fsp3) is 0.889. The molecule has 1 aliphatic heterocycles. The van der Waals surface area contributed by atoms with E-state index in [1.54, 1.807) is 0 Å². The fourth-order valence-electron chi connectivity index (χ4n) is 1.51. The summed E-state index contributed by atoms with van der Waals surface area (Å²) in [5.41, 5.74) is 0.0350. The first-order chi connectivity index (χ1) is 5.85. The maximum Gasteiger partial charge on any atom is 0.0703 e. The van der Waals surface area contributed by atoms with Gasteiger partial charge in [0.1, 0.15) is 0 Å². The van der Waals surface area contributed by atoms with E-state index in [9.17, 15) is 0 Å². The first-order valence-electron chi connectivity index (χ1n) is 4.57. The van der Waals surface area contributed by atoms with Crippen LogP contribution in [0.25, 0.3) is 0 Å². The molecular formula is C9H14N2S. The van der Waals surface area contributed by atoms with Gasteiger partial charge in [-0.1, -0.05) is 0 Å². The molecule has 0 bridgehead atoms. The lowest BCUT2D eigenvalue weighted by molar-refractivity contribution is 0.491. The molecule has 1 unspecified atom stereocenters. The first-order valence-corrected chi connectivity index (χ1v) is 5.73. The van der Waals surface area contributed by atoms with Crippen molar-refractivity contribution in [2.45, 2.75) is 25.3 Å². The molecule has 1 aliphatic carbocycles. The summed E-state index contributed by atoms with van der Waals surface area (Å²) in [6.45, 7) is 0.925. The minimum absolute atomic E-state index is 0.0350. The van der Waals surface area contributed by atoms with Gasteiger partial charge in [0.25, 0.3) is 0 Å². The first kappa shape index (κ1) is 8.40. The van der Waals surface area contributed by atoms with Crippen LogP contribution in [0.4, 0.5) is 0 Å². The number of rotatable bonds is 3. The van der Waals surface area contributed by atoms with E-state index in [1.807, 2.05) is 11.8 Å². The van der Waals surface area contributed by atoms with Crippen LogP contribution >= 0.6 is 11.8 Å². The number of nitrogens with one attached hydrogen (secondary N) is 1. The van der Waals surface area contributed by atoms with E-state index in [2.05, 4.69) is 11.4 Å². The number of nitriles is 1. The fourth-order valence-corrected chi connectivity index (χ4v) is 2.70. The summed E-state index contributed by atoms with van der Waals surface area (Å²) < 4.78 is 0. The van der Waals surface area contributed by atoms with Crippen LogP contribution in [0.1, 0.15) is 19.3 Å². The van der Waals surface area contributed by atoms with E-state index >= 15 is 0 Å². The molecule has 2 aliphatic rings. The van der Waals surface area contributed by atoms with Crippen molar-refractivity contribution >= 4 is 11.8 Å². The Morgan fingerprint density at radius 3 is 2.92 bits per heavy atom. The summed E-state index contributed by atoms with van der Waals surface area (Å²) in [5.74, 6) is 2.53. The Balaban J connectivity index is 1.71. The summed E-state index contributed by atoms with van der Waals surface area (Å²) in [7, 11) is 0. The maximum atomic E-state index is 8.84. The molecule has 0 aromatic carbocycles. The van der Waals surface area contributed by atoms with Gasteiger partial charge in [0.15, 0.2) is 0 Å². The summed E-state index contributed by atoms with van der Waals surface area (Å²) >= 11 is 2.02. The van der Waals surface area contributed by atoms with Crippen molar-refractivity contribution in [2.75, 3.05) is 18.1 Å². The third-order valence-electron chi connectivity index (χ3n) is 2.75. The Morgan fingerprint density at radius 1 is 1.58 bits per heavy atom. The molecule has 66 valence electrons. The van der Waals surface area contributed by atoms with Crippen LogP contribution in [0.3, 0.4) is 0 Å². The van der Waals surface area contributed by atoms with Crippen molar-refractivity contribution in [1.29, 1.82) is 5.26 Å². The second-order valence-electron chi connectivity index (χ2n) is 3.83. The summed E-state index contributed by atoms with van der Waals surface area (Å²) in [4.78, 5) is 0. The molecular weight excluding hydrogens is 168 g/mol. The van der Waals surface area contributed by atoms with Gasteiger partial charge in [-0.05, 0) is 25.0 Å². The van der Waals surface area contributed by atoms with E-state index < -0.39 is 0 Å². The van der Waals surface area contributed by atoms with Crippen LogP contribution in [-0.4, -0.2) is 24.1 Å². The monoisotopic (exact) mass is 182 g/mol. The average Bonchev–Trinajstić information content (AvgIpc) is 2.70. The van der Waals surface area contributed by atoms with Gasteiger partial charge < -0.3 is 5.32 Å². The Hall–Kier alpha value is -0.200. The van der Waals surface area contributed by atoms with Crippen LogP contribution in [0.5, 0.6) is 0 Å². The summed E-state index contributed by atoms with van der Waals surface area (Å²) in [6.07, 6.45) is 3.50. The molecule has 0 aromatic rings. The highest BCUT2D eigenvalue weighted by molar-refractivity contribution is 7.99. The standard InChI is InChI=1S/C9H14N2S/c10-6-9(2-3-9)7-11-8-1-4-12-5-8/h8,11H,1-5,7H2. The van der Waals surface area contributed by atoms with Gasteiger partial charge in [-0.15, -0.1) is 0 Å². The Morgan fingerprint density at radius 2 is 2.42 bits per heavy atom. The lowest BCUT2D eigenvalue weighted by Gasteiger charge is -2.13. The number of hydrogen-bond donors (Lipinski definition) is 1. The number of thioether (sulfide) groups is 1. The molecule has 0 amide bonds. The van der Waals surface area contributed by atoms with Gasteiger partial charge in [0.05, 0.1) is 11.5 Å². The molecule has 2 fully saturated rings. The molecule has 0 spiro atoms. The van der Waals surface area contributed by atoms with Gasteiger partial charge in [0.2, 0.25) is 0 Å². The van der Waals surface area contributed by atoms with Crippen LogP contribution < -0.4 is 5.32 Å². The Bertz CT molecular complexity index is 199. The van der Waals surface area contributed by atoms with Crippen molar-refractivity contribution in [3.05, 3.63) is 0 Å². The van der Waals surface area contributed by atoms with Crippen molar-refractivity contribution < 1.29 is 0 Å². The third-order valence-corrected chi connectivity index (χ3v) is 3.91. The molecule has 0 radical (unpaired) electrons. The van der Waals surface area contributed by atoms with Crippen LogP contribution in [0.15, 0.2) is 0 Å². The van der Waals surface area contributed by atoms with Gasteiger partial charge in [-0.3, -0.25) is 0 Å². The van der Waals surface area contributed by atoms with E-state index in [0.717, 1.165) is 19.4 Å². The highest BCUT2D eigenvalue weighted by Gasteiger charge is 2.43. The van der Waals surface area contributed by atoms with Gasteiger partial charge in [-0.25, -0.2) is 0 Å². The van der Waals surface area contributed by atoms with Crippen LogP contribution in [0.2, 0.25) is 0 Å². The SMILES string of the molecule is N#CC1(CNC2CCSC2)CC1. The van der Waals surface area contributed by atoms with Crippen LogP contribution in [0, 0.1) is 16.7 Å². The maximum absolute atomic E-state index is 8.84. The lowest BCUT2D eigenvalue weighted by atomic mass is 10.1. The van der Waals surface area contributed by atoms with Crippen molar-refractivity contribution in [3.63, 3.8) is 0 Å². The highest BCUT2D eigenvalue weighted by Crippen LogP contribution is 2.44. The van der Waals surface area contributed by atoms with Crippen molar-refractivity contribution in [1.82, 2.24) is 5.32 Å². The highest BCUT2D eigenvalue weighted by atomic mass is 32.2. The van der Waals surface area contributed by atoms with Crippen molar-refractivity contribution in [3.8, 4) is 6.07 Å². The molecule has 1 saturated carbocycles. The molecule has 2 rings (SSSR count). The van der Waals surface area contributed by atoms with E-state index in [0.29, 0.717) is 6.04 Å². The zero-order valence-corrected chi connectivity index (χ0v) is 7.99. The number of hydrogen-bond acceptors (Lipinski definition) is 3. The summed E-state index contributed by atoms with van der Waals surface area (Å²) in [5, 5.41) is 12.3. The molecule has 12 heavy (non-hydrogen) atoms. The second-order valence-corrected chi connectivity index (χ2v) is 4.98. The predicted molar refractivity (Wildman–Crippen MR) is 51.0 cm³/mol. The molecule has 1 saturated heterocycles. The zero-order valence-electron chi connectivity index (χ0n) is 7.18. The average molecular weight is 182 g/mol. The third kappa shape index (κ3) is 1.75. The minimum atomic E-state index is 0.0350. The Labute approximate surface area is 77.7 Å². The van der Waals surface area contributed by atoms with E-state index in [1.165, 1.54) is 17.9 Å². The van der Waals surface area contributed by atoms with E-state index in [-0.39, 0.29) is 5.41 Å². The van der Waals surface area contributed by atoms with Crippen LogP contribution in [-0.2, 0) is 0 Å². The molecule has 0 aromatic heterocycles. The minimum Gasteiger partial charge on any atom is -0.312 e. The summed E-state index contributed by atoms with van der Waals surface area (Å²) in [6, 6.07) is 3.09. The van der Waals surface area contributed by atoms with E-state index in [4.69, 9.17) is 5.26 Å². The normalized spacial score (nSPS) is 31.4. The molecule has 3 heteroatoms. The van der Waals surface area contributed by atoms with Gasteiger partial charge in [-0.2, -0.15) is 17.0 Å². The molecule has 1 heterocycles. The zero-order chi connectivity index (χ0) is 8.44. The topological polar surface area (TPSA) is 35.8 Å². The second kappa shape index (κ2) is 3.27. The van der Waals surface area contributed by atoms with Crippen molar-refractivity contribution in [2.24, 2.45) is 5.41 Å². The smallest absolute Gasteiger partial charge is 0.0703 e. The van der Waals surface area contributed by atoms with Gasteiger partial charge in [0, 0.05) is 18.3 Å². The molecule has 1 N–H and O–H groups in total. The molecule has 1 atom stereocenters. The van der Waals surface area contributed by atoms with Gasteiger partial charge >= 0.3 is 0 Å². The number of nitrogens with zero attached hydrogens (tertiary/aromatic N) is 1.